The number of hydrogen-bond acceptors (Lipinski definition) is 3. The summed E-state index contributed by atoms with van der Waals surface area (Å²) in [5.41, 5.74) is 2.49. The van der Waals surface area contributed by atoms with E-state index >= 15 is 4.39 Å². The number of halogens is 1. The maximum Gasteiger partial charge on any atom is 0.328 e. The first-order valence-electron chi connectivity index (χ1n) is 12.3. The maximum absolute atomic E-state index is 15.8. The number of carbonyl (C=O) groups excluding carboxylic acids is 1. The molecule has 5 rings (SSSR count). The third-order valence-electron chi connectivity index (χ3n) is 7.04. The zero-order valence-corrected chi connectivity index (χ0v) is 20.2. The predicted molar refractivity (Wildman–Crippen MR) is 139 cm³/mol. The first kappa shape index (κ1) is 23.7. The summed E-state index contributed by atoms with van der Waals surface area (Å²) in [5.74, 6) is -1.45. The molecule has 6 nitrogen and oxygen atoms in total. The molecular formula is C29H28FN3O3. The Balaban J connectivity index is 1.61. The van der Waals surface area contributed by atoms with Crippen LogP contribution in [0.4, 0.5) is 10.1 Å². The predicted octanol–water partition coefficient (Wildman–Crippen LogP) is 6.08. The number of carboxylic acid groups (broad SMARTS) is 1. The van der Waals surface area contributed by atoms with Gasteiger partial charge in [0, 0.05) is 35.5 Å². The number of rotatable bonds is 6. The van der Waals surface area contributed by atoms with E-state index in [-0.39, 0.29) is 24.2 Å². The Morgan fingerprint density at radius 3 is 2.67 bits per heavy atom. The second kappa shape index (κ2) is 9.93. The fourth-order valence-electron chi connectivity index (χ4n) is 5.26. The first-order chi connectivity index (χ1) is 17.4. The molecule has 1 heterocycles. The fraction of sp³-hybridized carbons (Fsp3) is 0.276. The van der Waals surface area contributed by atoms with E-state index in [1.54, 1.807) is 36.3 Å². The van der Waals surface area contributed by atoms with Crippen molar-refractivity contribution in [1.29, 1.82) is 0 Å². The van der Waals surface area contributed by atoms with E-state index in [0.29, 0.717) is 27.7 Å². The van der Waals surface area contributed by atoms with E-state index in [0.717, 1.165) is 49.0 Å². The molecule has 3 aromatic carbocycles. The van der Waals surface area contributed by atoms with Crippen molar-refractivity contribution in [2.24, 2.45) is 13.0 Å². The van der Waals surface area contributed by atoms with Crippen molar-refractivity contribution in [3.8, 4) is 0 Å². The molecule has 36 heavy (non-hydrogen) atoms. The third-order valence-corrected chi connectivity index (χ3v) is 7.04. The molecule has 0 radical (unpaired) electrons. The highest BCUT2D eigenvalue weighted by Gasteiger charge is 2.28. The van der Waals surface area contributed by atoms with Gasteiger partial charge >= 0.3 is 5.97 Å². The second-order valence-electron chi connectivity index (χ2n) is 9.44. The van der Waals surface area contributed by atoms with Gasteiger partial charge in [-0.05, 0) is 53.6 Å². The van der Waals surface area contributed by atoms with Crippen LogP contribution in [0.15, 0.2) is 60.8 Å². The maximum atomic E-state index is 15.8. The normalized spacial score (nSPS) is 14.6. The minimum absolute atomic E-state index is 0.0214. The van der Waals surface area contributed by atoms with Gasteiger partial charge < -0.3 is 10.0 Å². The first-order valence-corrected chi connectivity index (χ1v) is 12.3. The molecule has 1 aromatic heterocycles. The van der Waals surface area contributed by atoms with E-state index < -0.39 is 5.97 Å². The van der Waals surface area contributed by atoms with Crippen LogP contribution in [0, 0.1) is 11.7 Å². The van der Waals surface area contributed by atoms with Gasteiger partial charge in [0.15, 0.2) is 5.82 Å². The summed E-state index contributed by atoms with van der Waals surface area (Å²) in [6, 6.07) is 14.8. The number of amides is 1. The number of hydrogen-bond donors (Lipinski definition) is 1. The van der Waals surface area contributed by atoms with Crippen LogP contribution in [-0.2, 0) is 23.2 Å². The minimum atomic E-state index is -1.04. The van der Waals surface area contributed by atoms with Crippen LogP contribution in [0.1, 0.15) is 43.2 Å². The summed E-state index contributed by atoms with van der Waals surface area (Å²) in [7, 11) is 1.72. The molecule has 1 aliphatic carbocycles. The molecule has 0 atom stereocenters. The SMILES string of the molecule is Cn1ncc2cc3cccc(CN(C(=O)C4CCCCC4)c4cccc(/C=C/C(=O)O)c4)c3c(F)c21. The Labute approximate surface area is 208 Å². The van der Waals surface area contributed by atoms with Gasteiger partial charge in [0.1, 0.15) is 5.52 Å². The molecule has 1 aliphatic rings. The zero-order valence-electron chi connectivity index (χ0n) is 20.2. The molecule has 1 N–H and O–H groups in total. The largest absolute Gasteiger partial charge is 0.478 e. The second-order valence-corrected chi connectivity index (χ2v) is 9.44. The smallest absolute Gasteiger partial charge is 0.328 e. The van der Waals surface area contributed by atoms with E-state index in [1.165, 1.54) is 10.8 Å². The van der Waals surface area contributed by atoms with Crippen LogP contribution in [0.25, 0.3) is 27.8 Å². The standard InChI is InChI=1S/C29H28FN3O3/c1-32-28-23(17-31-32)16-21-10-6-11-22(26(21)27(28)30)18-33(29(36)20-8-3-2-4-9-20)24-12-5-7-19(15-24)13-14-25(34)35/h5-7,10-17,20H,2-4,8-9,18H2,1H3,(H,34,35)/b14-13+. The Kier molecular flexibility index (Phi) is 6.55. The Hall–Kier alpha value is -4.00. The van der Waals surface area contributed by atoms with Gasteiger partial charge in [0.05, 0.1) is 12.7 Å². The van der Waals surface area contributed by atoms with Crippen LogP contribution >= 0.6 is 0 Å². The molecule has 0 bridgehead atoms. The van der Waals surface area contributed by atoms with Gasteiger partial charge in [-0.25, -0.2) is 9.18 Å². The van der Waals surface area contributed by atoms with Crippen molar-refractivity contribution in [2.75, 3.05) is 4.90 Å². The third kappa shape index (κ3) is 4.61. The lowest BCUT2D eigenvalue weighted by molar-refractivity contribution is -0.131. The highest BCUT2D eigenvalue weighted by Crippen LogP contribution is 2.33. The zero-order chi connectivity index (χ0) is 25.2. The van der Waals surface area contributed by atoms with Gasteiger partial charge in [-0.2, -0.15) is 5.10 Å². The van der Waals surface area contributed by atoms with E-state index in [1.807, 2.05) is 30.3 Å². The number of fused-ring (bicyclic) bond motifs is 2. The fourth-order valence-corrected chi connectivity index (χ4v) is 5.26. The molecule has 0 spiro atoms. The van der Waals surface area contributed by atoms with Crippen molar-refractivity contribution in [3.63, 3.8) is 0 Å². The number of carbonyl (C=O) groups is 2. The number of anilines is 1. The van der Waals surface area contributed by atoms with Crippen LogP contribution < -0.4 is 4.90 Å². The quantitative estimate of drug-likeness (QED) is 0.336. The topological polar surface area (TPSA) is 75.4 Å². The number of nitrogens with zero attached hydrogens (tertiary/aromatic N) is 3. The van der Waals surface area contributed by atoms with Crippen LogP contribution in [-0.4, -0.2) is 26.8 Å². The number of benzene rings is 3. The Morgan fingerprint density at radius 1 is 1.11 bits per heavy atom. The highest BCUT2D eigenvalue weighted by molar-refractivity contribution is 6.00. The van der Waals surface area contributed by atoms with Gasteiger partial charge in [0.25, 0.3) is 0 Å². The molecule has 1 amide bonds. The highest BCUT2D eigenvalue weighted by atomic mass is 19.1. The summed E-state index contributed by atoms with van der Waals surface area (Å²) in [4.78, 5) is 26.6. The van der Waals surface area contributed by atoms with Crippen molar-refractivity contribution >= 4 is 45.3 Å². The number of aliphatic carboxylic acids is 1. The Morgan fingerprint density at radius 2 is 1.89 bits per heavy atom. The molecule has 1 fully saturated rings. The summed E-state index contributed by atoms with van der Waals surface area (Å²) in [6.07, 6.45) is 9.09. The summed E-state index contributed by atoms with van der Waals surface area (Å²) in [5, 5.41) is 15.2. The average Bonchev–Trinajstić information content (AvgIpc) is 3.27. The van der Waals surface area contributed by atoms with Crippen LogP contribution in [0.5, 0.6) is 0 Å². The van der Waals surface area contributed by atoms with E-state index in [2.05, 4.69) is 5.10 Å². The molecule has 0 unspecified atom stereocenters. The minimum Gasteiger partial charge on any atom is -0.478 e. The molecular weight excluding hydrogens is 457 g/mol. The monoisotopic (exact) mass is 485 g/mol. The van der Waals surface area contributed by atoms with Gasteiger partial charge in [0.2, 0.25) is 5.91 Å². The Bertz CT molecular complexity index is 1480. The van der Waals surface area contributed by atoms with E-state index in [9.17, 15) is 9.59 Å². The summed E-state index contributed by atoms with van der Waals surface area (Å²) >= 11 is 0. The van der Waals surface area contributed by atoms with Crippen molar-refractivity contribution in [1.82, 2.24) is 9.78 Å². The molecule has 184 valence electrons. The van der Waals surface area contributed by atoms with Gasteiger partial charge in [-0.15, -0.1) is 0 Å². The summed E-state index contributed by atoms with van der Waals surface area (Å²) < 4.78 is 17.4. The van der Waals surface area contributed by atoms with Gasteiger partial charge in [-0.3, -0.25) is 9.48 Å². The van der Waals surface area contributed by atoms with Crippen molar-refractivity contribution < 1.29 is 19.1 Å². The lowest BCUT2D eigenvalue weighted by atomic mass is 9.88. The van der Waals surface area contributed by atoms with Crippen molar-refractivity contribution in [3.05, 3.63) is 77.7 Å². The van der Waals surface area contributed by atoms with Crippen LogP contribution in [0.2, 0.25) is 0 Å². The van der Waals surface area contributed by atoms with E-state index in [4.69, 9.17) is 5.11 Å². The van der Waals surface area contributed by atoms with Crippen LogP contribution in [0.3, 0.4) is 0 Å². The molecule has 4 aromatic rings. The number of aromatic nitrogens is 2. The number of carboxylic acids is 1. The summed E-state index contributed by atoms with van der Waals surface area (Å²) in [6.45, 7) is 0.207. The molecule has 0 aliphatic heterocycles. The molecule has 0 saturated heterocycles. The molecule has 1 saturated carbocycles. The average molecular weight is 486 g/mol. The molecule has 7 heteroatoms. The lowest BCUT2D eigenvalue weighted by Gasteiger charge is -2.30. The number of aryl methyl sites for hydroxylation is 1. The van der Waals surface area contributed by atoms with Crippen molar-refractivity contribution in [2.45, 2.75) is 38.6 Å². The lowest BCUT2D eigenvalue weighted by Crippen LogP contribution is -2.36. The van der Waals surface area contributed by atoms with Gasteiger partial charge in [-0.1, -0.05) is 49.6 Å².